The number of methoxy groups -OCH3 is 2. The lowest BCUT2D eigenvalue weighted by molar-refractivity contribution is 0.102. The number of rotatable bonds is 10. The molecular formula is C33H41N7O5S. The van der Waals surface area contributed by atoms with Crippen LogP contribution in [0.2, 0.25) is 0 Å². The number of benzene rings is 3. The lowest BCUT2D eigenvalue weighted by Gasteiger charge is -2.24. The summed E-state index contributed by atoms with van der Waals surface area (Å²) in [6.07, 6.45) is 4.30. The van der Waals surface area contributed by atoms with Gasteiger partial charge in [-0.1, -0.05) is 26.8 Å². The predicted octanol–water partition coefficient (Wildman–Crippen LogP) is 5.07. The van der Waals surface area contributed by atoms with Gasteiger partial charge in [-0.15, -0.1) is 0 Å². The van der Waals surface area contributed by atoms with Crippen LogP contribution < -0.4 is 36.1 Å². The third kappa shape index (κ3) is 7.61. The number of carbonyl (C=O) groups excluding carboxylic acids is 1. The van der Waals surface area contributed by atoms with Crippen molar-refractivity contribution in [3.63, 3.8) is 0 Å². The van der Waals surface area contributed by atoms with Gasteiger partial charge in [0.2, 0.25) is 10.0 Å². The molecule has 0 aliphatic heterocycles. The summed E-state index contributed by atoms with van der Waals surface area (Å²) in [6, 6.07) is 16.1. The molecule has 4 aromatic rings. The first-order valence-corrected chi connectivity index (χ1v) is 16.2. The van der Waals surface area contributed by atoms with Crippen LogP contribution in [-0.4, -0.2) is 44.6 Å². The Kier molecular flexibility index (Phi) is 9.68. The number of nitrogens with one attached hydrogen (secondary N) is 2. The molecule has 0 spiro atoms. The summed E-state index contributed by atoms with van der Waals surface area (Å²) in [5, 5.41) is 8.74. The molecule has 1 aromatic heterocycles. The highest BCUT2D eigenvalue weighted by atomic mass is 32.2. The molecular weight excluding hydrogens is 606 g/mol. The number of hydrazine groups is 1. The second-order valence-corrected chi connectivity index (χ2v) is 13.7. The van der Waals surface area contributed by atoms with Crippen LogP contribution >= 0.6 is 0 Å². The van der Waals surface area contributed by atoms with Crippen molar-refractivity contribution in [3.8, 4) is 17.2 Å². The summed E-state index contributed by atoms with van der Waals surface area (Å²) in [7, 11) is -0.607. The van der Waals surface area contributed by atoms with E-state index in [4.69, 9.17) is 21.1 Å². The van der Waals surface area contributed by atoms with Crippen molar-refractivity contribution < 1.29 is 22.7 Å². The van der Waals surface area contributed by atoms with E-state index in [9.17, 15) is 13.2 Å². The predicted molar refractivity (Wildman–Crippen MR) is 183 cm³/mol. The molecule has 12 nitrogen and oxygen atoms in total. The molecule has 13 heteroatoms. The van der Waals surface area contributed by atoms with Crippen molar-refractivity contribution in [1.82, 2.24) is 9.78 Å². The minimum absolute atomic E-state index is 0.181. The Bertz CT molecular complexity index is 1890. The third-order valence-electron chi connectivity index (χ3n) is 7.37. The molecule has 0 atom stereocenters. The number of nitrogens with two attached hydrogens (primary N) is 2. The first-order chi connectivity index (χ1) is 21.5. The van der Waals surface area contributed by atoms with Gasteiger partial charge in [0.25, 0.3) is 5.91 Å². The number of amides is 1. The van der Waals surface area contributed by atoms with E-state index < -0.39 is 15.9 Å². The van der Waals surface area contributed by atoms with E-state index in [1.165, 1.54) is 12.1 Å². The van der Waals surface area contributed by atoms with Crippen LogP contribution in [0, 0.1) is 13.8 Å². The van der Waals surface area contributed by atoms with Gasteiger partial charge in [-0.25, -0.2) is 18.9 Å². The van der Waals surface area contributed by atoms with Gasteiger partial charge in [0.05, 0.1) is 60.8 Å². The first kappa shape index (κ1) is 33.9. The van der Waals surface area contributed by atoms with Gasteiger partial charge >= 0.3 is 0 Å². The molecule has 0 bridgehead atoms. The number of carbonyl (C=O) groups is 1. The van der Waals surface area contributed by atoms with Crippen LogP contribution in [0.15, 0.2) is 67.0 Å². The van der Waals surface area contributed by atoms with E-state index in [0.29, 0.717) is 28.2 Å². The Labute approximate surface area is 270 Å². The smallest absolute Gasteiger partial charge is 0.255 e. The van der Waals surface area contributed by atoms with Crippen LogP contribution in [0.5, 0.6) is 11.5 Å². The average molecular weight is 648 g/mol. The van der Waals surface area contributed by atoms with E-state index in [0.717, 1.165) is 34.5 Å². The second-order valence-electron chi connectivity index (χ2n) is 11.9. The van der Waals surface area contributed by atoms with Crippen molar-refractivity contribution in [2.24, 2.45) is 11.6 Å². The van der Waals surface area contributed by atoms with Crippen molar-refractivity contribution in [2.75, 3.05) is 35.5 Å². The maximum Gasteiger partial charge on any atom is 0.255 e. The third-order valence-corrected chi connectivity index (χ3v) is 7.96. The fourth-order valence-corrected chi connectivity index (χ4v) is 5.39. The van der Waals surface area contributed by atoms with Crippen molar-refractivity contribution >= 4 is 38.7 Å². The minimum Gasteiger partial charge on any atom is -0.497 e. The zero-order valence-corrected chi connectivity index (χ0v) is 28.1. The number of hydrogen-bond donors (Lipinski definition) is 4. The van der Waals surface area contributed by atoms with Gasteiger partial charge in [-0.2, -0.15) is 5.10 Å². The van der Waals surface area contributed by atoms with Gasteiger partial charge in [0.15, 0.2) is 5.75 Å². The molecule has 0 radical (unpaired) electrons. The molecule has 0 saturated heterocycles. The van der Waals surface area contributed by atoms with Crippen LogP contribution in [0.3, 0.4) is 0 Å². The van der Waals surface area contributed by atoms with Gasteiger partial charge in [-0.05, 0) is 78.9 Å². The van der Waals surface area contributed by atoms with Gasteiger partial charge in [-0.3, -0.25) is 14.5 Å². The van der Waals surface area contributed by atoms with Gasteiger partial charge in [0, 0.05) is 17.3 Å². The molecule has 244 valence electrons. The number of hydrogen-bond acceptors (Lipinski definition) is 9. The van der Waals surface area contributed by atoms with Crippen molar-refractivity contribution in [2.45, 2.75) is 40.0 Å². The first-order valence-electron chi connectivity index (χ1n) is 14.4. The fraction of sp³-hybridized carbons (Fsp3) is 0.273. The van der Waals surface area contributed by atoms with Crippen LogP contribution in [0.25, 0.3) is 11.4 Å². The highest BCUT2D eigenvalue weighted by molar-refractivity contribution is 7.92. The number of sulfonamides is 1. The lowest BCUT2D eigenvalue weighted by Crippen LogP contribution is -2.27. The average Bonchev–Trinajstić information content (AvgIpc) is 3.37. The van der Waals surface area contributed by atoms with Gasteiger partial charge < -0.3 is 20.5 Å². The molecule has 0 fully saturated rings. The summed E-state index contributed by atoms with van der Waals surface area (Å²) in [5.41, 5.74) is 11.9. The molecule has 1 amide bonds. The van der Waals surface area contributed by atoms with E-state index in [1.807, 2.05) is 58.9 Å². The molecule has 6 N–H and O–H groups in total. The number of ether oxygens (including phenoxy) is 2. The molecule has 1 heterocycles. The topological polar surface area (TPSA) is 167 Å². The Morgan fingerprint density at radius 1 is 1.00 bits per heavy atom. The standard InChI is InChI=1S/C33H41N7O5S/c1-20-9-10-22(32(41)37-28-16-23(33(3,4)5)17-29(31(28)45-7)38-46(8,42)43)15-30(20)39(35)19-27(34)26-18-36-40(21(26)2)24-11-13-25(44-6)14-12-24/h9-19,38H,34-35H2,1-8H3,(H,37,41)/b27-19-. The van der Waals surface area contributed by atoms with E-state index in [-0.39, 0.29) is 16.9 Å². The summed E-state index contributed by atoms with van der Waals surface area (Å²) < 4.78 is 39.2. The van der Waals surface area contributed by atoms with E-state index >= 15 is 0 Å². The Hall–Kier alpha value is -5.01. The van der Waals surface area contributed by atoms with Crippen LogP contribution in [-0.2, 0) is 15.4 Å². The van der Waals surface area contributed by atoms with Crippen LogP contribution in [0.1, 0.15) is 53.5 Å². The molecule has 4 rings (SSSR count). The van der Waals surface area contributed by atoms with Crippen molar-refractivity contribution in [3.05, 3.63) is 94.9 Å². The SMILES string of the molecule is COc1ccc(-n2ncc(/C(N)=C/N(N)c3cc(C(=O)Nc4cc(C(C)(C)C)cc(NS(C)(=O)=O)c4OC)ccc3C)c2C)cc1. The quantitative estimate of drug-likeness (QED) is 0.136. The maximum atomic E-state index is 13.6. The number of aryl methyl sites for hydroxylation is 1. The van der Waals surface area contributed by atoms with Gasteiger partial charge in [0.1, 0.15) is 5.75 Å². The molecule has 0 saturated carbocycles. The highest BCUT2D eigenvalue weighted by Gasteiger charge is 2.23. The maximum absolute atomic E-state index is 13.6. The highest BCUT2D eigenvalue weighted by Crippen LogP contribution is 2.39. The number of aromatic nitrogens is 2. The molecule has 0 aliphatic carbocycles. The second kappa shape index (κ2) is 13.2. The zero-order chi connectivity index (χ0) is 34.0. The Morgan fingerprint density at radius 3 is 2.24 bits per heavy atom. The lowest BCUT2D eigenvalue weighted by atomic mass is 9.86. The number of nitrogens with zero attached hydrogens (tertiary/aromatic N) is 3. The molecule has 0 aliphatic rings. The van der Waals surface area contributed by atoms with E-state index in [1.54, 1.807) is 54.5 Å². The normalized spacial score (nSPS) is 12.1. The molecule has 0 unspecified atom stereocenters. The fourth-order valence-electron chi connectivity index (χ4n) is 4.84. The Morgan fingerprint density at radius 2 is 1.65 bits per heavy atom. The van der Waals surface area contributed by atoms with Crippen LogP contribution in [0.4, 0.5) is 17.1 Å². The molecule has 3 aromatic carbocycles. The van der Waals surface area contributed by atoms with E-state index in [2.05, 4.69) is 15.1 Å². The minimum atomic E-state index is -3.63. The molecule has 46 heavy (non-hydrogen) atoms. The summed E-state index contributed by atoms with van der Waals surface area (Å²) in [4.78, 5) is 13.6. The summed E-state index contributed by atoms with van der Waals surface area (Å²) in [6.45, 7) is 9.73. The summed E-state index contributed by atoms with van der Waals surface area (Å²) >= 11 is 0. The van der Waals surface area contributed by atoms with Crippen molar-refractivity contribution in [1.29, 1.82) is 0 Å². The Balaban J connectivity index is 1.64. The zero-order valence-electron chi connectivity index (χ0n) is 27.3. The number of anilines is 3. The monoisotopic (exact) mass is 647 g/mol. The summed E-state index contributed by atoms with van der Waals surface area (Å²) in [5.74, 6) is 6.94. The largest absolute Gasteiger partial charge is 0.497 e.